The first-order valence-electron chi connectivity index (χ1n) is 11.4. The Labute approximate surface area is 172 Å². The fourth-order valence-corrected chi connectivity index (χ4v) is 5.56. The van der Waals surface area contributed by atoms with E-state index in [4.69, 9.17) is 0 Å². The first kappa shape index (κ1) is 22.4. The van der Waals surface area contributed by atoms with E-state index < -0.39 is 24.0 Å². The zero-order valence-corrected chi connectivity index (χ0v) is 17.4. The van der Waals surface area contributed by atoms with Crippen LogP contribution in [0, 0.1) is 29.4 Å². The number of benzene rings is 1. The summed E-state index contributed by atoms with van der Waals surface area (Å²) in [6.45, 7) is -0.910. The summed E-state index contributed by atoms with van der Waals surface area (Å²) < 4.78 is 56.7. The summed E-state index contributed by atoms with van der Waals surface area (Å²) in [7, 11) is 0. The minimum Gasteiger partial charge on any atom is -0.432 e. The average molecular weight is 415 g/mol. The van der Waals surface area contributed by atoms with Gasteiger partial charge in [-0.1, -0.05) is 45.4 Å². The number of ether oxygens (including phenoxy) is 1. The lowest BCUT2D eigenvalue weighted by Gasteiger charge is -2.38. The molecule has 0 spiro atoms. The van der Waals surface area contributed by atoms with E-state index in [0.29, 0.717) is 11.5 Å². The molecule has 0 heterocycles. The van der Waals surface area contributed by atoms with Crippen molar-refractivity contribution < 1.29 is 22.3 Å². The van der Waals surface area contributed by atoms with Crippen molar-refractivity contribution in [1.29, 1.82) is 0 Å². The largest absolute Gasteiger partial charge is 0.432 e. The van der Waals surface area contributed by atoms with Crippen LogP contribution in [0.2, 0.25) is 0 Å². The number of hydrogen-bond acceptors (Lipinski definition) is 1. The molecule has 0 N–H and O–H groups in total. The van der Waals surface area contributed by atoms with Crippen molar-refractivity contribution in [3.8, 4) is 5.75 Å². The quantitative estimate of drug-likeness (QED) is 0.307. The maximum atomic E-state index is 13.9. The van der Waals surface area contributed by atoms with Gasteiger partial charge in [-0.05, 0) is 79.9 Å². The molecule has 2 aliphatic carbocycles. The summed E-state index contributed by atoms with van der Waals surface area (Å²) in [5.41, 5.74) is 0.581. The summed E-state index contributed by atoms with van der Waals surface area (Å²) in [5.74, 6) is -0.624. The lowest BCUT2D eigenvalue weighted by molar-refractivity contribution is -0.0525. The van der Waals surface area contributed by atoms with Crippen molar-refractivity contribution in [2.24, 2.45) is 17.8 Å². The summed E-state index contributed by atoms with van der Waals surface area (Å²) >= 11 is 0. The zero-order chi connectivity index (χ0) is 20.8. The van der Waals surface area contributed by atoms with Crippen molar-refractivity contribution in [3.05, 3.63) is 29.3 Å². The number of unbranched alkanes of at least 4 members (excludes halogenated alkanes) is 2. The first-order chi connectivity index (χ1) is 14.0. The topological polar surface area (TPSA) is 9.23 Å². The van der Waals surface area contributed by atoms with Crippen LogP contribution < -0.4 is 4.74 Å². The van der Waals surface area contributed by atoms with E-state index in [1.54, 1.807) is 0 Å². The number of hydrogen-bond donors (Lipinski definition) is 0. The third-order valence-corrected chi connectivity index (χ3v) is 7.25. The minimum atomic E-state index is -3.16. The van der Waals surface area contributed by atoms with Gasteiger partial charge in [0.05, 0.1) is 0 Å². The molecule has 2 fully saturated rings. The van der Waals surface area contributed by atoms with Gasteiger partial charge >= 0.3 is 6.61 Å². The average Bonchev–Trinajstić information content (AvgIpc) is 2.72. The number of alkyl halides is 2. The molecule has 0 saturated heterocycles. The molecule has 0 aromatic heterocycles. The molecule has 0 bridgehead atoms. The van der Waals surface area contributed by atoms with Crippen LogP contribution in [0.1, 0.15) is 95.5 Å². The Bertz CT molecular complexity index is 632. The van der Waals surface area contributed by atoms with E-state index in [9.17, 15) is 17.6 Å². The normalized spacial score (nSPS) is 27.9. The van der Waals surface area contributed by atoms with E-state index in [0.717, 1.165) is 43.6 Å². The SMILES string of the molecule is CCCCCC1CCC(C2CCC(c3cc(F)c(F)c(OC(F)F)c3)CC2)CC1. The fraction of sp³-hybridized carbons (Fsp3) is 0.750. The van der Waals surface area contributed by atoms with Gasteiger partial charge in [-0.3, -0.25) is 0 Å². The minimum absolute atomic E-state index is 0.0896. The lowest BCUT2D eigenvalue weighted by atomic mass is 9.68. The molecule has 1 aromatic carbocycles. The van der Waals surface area contributed by atoms with Gasteiger partial charge in [-0.2, -0.15) is 13.2 Å². The molecule has 0 unspecified atom stereocenters. The van der Waals surface area contributed by atoms with E-state index in [-0.39, 0.29) is 5.92 Å². The monoisotopic (exact) mass is 414 g/mol. The van der Waals surface area contributed by atoms with Crippen LogP contribution in [0.15, 0.2) is 12.1 Å². The van der Waals surface area contributed by atoms with Crippen LogP contribution in [-0.2, 0) is 0 Å². The predicted octanol–water partition coefficient (Wildman–Crippen LogP) is 8.23. The van der Waals surface area contributed by atoms with Gasteiger partial charge in [-0.15, -0.1) is 0 Å². The Kier molecular flexibility index (Phi) is 8.25. The van der Waals surface area contributed by atoms with Crippen LogP contribution in [0.25, 0.3) is 0 Å². The van der Waals surface area contributed by atoms with Gasteiger partial charge in [-0.25, -0.2) is 4.39 Å². The van der Waals surface area contributed by atoms with Crippen LogP contribution in [0.5, 0.6) is 5.75 Å². The zero-order valence-electron chi connectivity index (χ0n) is 17.4. The summed E-state index contributed by atoms with van der Waals surface area (Å²) in [5, 5.41) is 0. The molecule has 1 aromatic rings. The van der Waals surface area contributed by atoms with Crippen molar-refractivity contribution in [3.63, 3.8) is 0 Å². The molecule has 29 heavy (non-hydrogen) atoms. The summed E-state index contributed by atoms with van der Waals surface area (Å²) in [6, 6.07) is 2.41. The molecular formula is C24H34F4O. The standard InChI is InChI=1S/C24H34F4O/c1-2-3-4-5-16-6-8-17(9-7-16)18-10-12-19(13-11-18)20-14-21(25)23(26)22(15-20)29-24(27)28/h14-19,24H,2-13H2,1H3. The number of halogens is 4. The van der Waals surface area contributed by atoms with Crippen molar-refractivity contribution in [2.45, 2.75) is 96.5 Å². The number of rotatable bonds is 8. The highest BCUT2D eigenvalue weighted by Crippen LogP contribution is 2.45. The van der Waals surface area contributed by atoms with E-state index in [1.165, 1.54) is 57.4 Å². The van der Waals surface area contributed by atoms with Gasteiger partial charge in [0.15, 0.2) is 11.6 Å². The molecule has 1 nitrogen and oxygen atoms in total. The molecule has 0 amide bonds. The molecule has 5 heteroatoms. The summed E-state index contributed by atoms with van der Waals surface area (Å²) in [6.07, 6.45) is 14.7. The van der Waals surface area contributed by atoms with Crippen LogP contribution >= 0.6 is 0 Å². The Morgan fingerprint density at radius 1 is 0.897 bits per heavy atom. The van der Waals surface area contributed by atoms with E-state index in [2.05, 4.69) is 11.7 Å². The van der Waals surface area contributed by atoms with Gasteiger partial charge in [0, 0.05) is 0 Å². The molecule has 2 saturated carbocycles. The first-order valence-corrected chi connectivity index (χ1v) is 11.4. The van der Waals surface area contributed by atoms with Crippen molar-refractivity contribution >= 4 is 0 Å². The van der Waals surface area contributed by atoms with Crippen molar-refractivity contribution in [2.75, 3.05) is 0 Å². The van der Waals surface area contributed by atoms with E-state index >= 15 is 0 Å². The summed E-state index contributed by atoms with van der Waals surface area (Å²) in [4.78, 5) is 0. The highest BCUT2D eigenvalue weighted by Gasteiger charge is 2.32. The highest BCUT2D eigenvalue weighted by molar-refractivity contribution is 5.34. The molecule has 3 rings (SSSR count). The van der Waals surface area contributed by atoms with Gasteiger partial charge < -0.3 is 4.74 Å². The predicted molar refractivity (Wildman–Crippen MR) is 107 cm³/mol. The van der Waals surface area contributed by atoms with Crippen molar-refractivity contribution in [1.82, 2.24) is 0 Å². The Morgan fingerprint density at radius 3 is 2.10 bits per heavy atom. The molecule has 0 atom stereocenters. The van der Waals surface area contributed by atoms with E-state index in [1.807, 2.05) is 0 Å². The maximum Gasteiger partial charge on any atom is 0.387 e. The van der Waals surface area contributed by atoms with Gasteiger partial charge in [0.2, 0.25) is 5.82 Å². The van der Waals surface area contributed by atoms with Crippen LogP contribution in [-0.4, -0.2) is 6.61 Å². The second-order valence-electron chi connectivity index (χ2n) is 9.08. The second-order valence-corrected chi connectivity index (χ2v) is 9.08. The molecular weight excluding hydrogens is 380 g/mol. The van der Waals surface area contributed by atoms with Gasteiger partial charge in [0.25, 0.3) is 0 Å². The maximum absolute atomic E-state index is 13.9. The Morgan fingerprint density at radius 2 is 1.52 bits per heavy atom. The Balaban J connectivity index is 1.50. The molecule has 164 valence electrons. The Hall–Kier alpha value is -1.26. The van der Waals surface area contributed by atoms with Crippen LogP contribution in [0.4, 0.5) is 17.6 Å². The second kappa shape index (κ2) is 10.7. The molecule has 0 aliphatic heterocycles. The lowest BCUT2D eigenvalue weighted by Crippen LogP contribution is -2.25. The van der Waals surface area contributed by atoms with Gasteiger partial charge in [0.1, 0.15) is 0 Å². The third-order valence-electron chi connectivity index (χ3n) is 7.25. The molecule has 0 radical (unpaired) electrons. The third kappa shape index (κ3) is 6.11. The van der Waals surface area contributed by atoms with Crippen LogP contribution in [0.3, 0.4) is 0 Å². The highest BCUT2D eigenvalue weighted by atomic mass is 19.3. The molecule has 2 aliphatic rings. The smallest absolute Gasteiger partial charge is 0.387 e. The fourth-order valence-electron chi connectivity index (χ4n) is 5.56.